The van der Waals surface area contributed by atoms with Crippen LogP contribution in [-0.4, -0.2) is 16.1 Å². The first-order valence-electron chi connectivity index (χ1n) is 13.5. The molecule has 6 heteroatoms. The van der Waals surface area contributed by atoms with Gasteiger partial charge in [-0.25, -0.2) is 8.78 Å². The topological polar surface area (TPSA) is 59.4 Å². The number of hydrogen-bond donors (Lipinski definition) is 1. The molecule has 3 aliphatic rings. The third-order valence-electron chi connectivity index (χ3n) is 9.33. The molecule has 0 radical (unpaired) electrons. The molecule has 2 fully saturated rings. The molecule has 0 bridgehead atoms. The Kier molecular flexibility index (Phi) is 5.85. The molecule has 3 aliphatic carbocycles. The Bertz CT molecular complexity index is 1450. The number of rotatable bonds is 6. The summed E-state index contributed by atoms with van der Waals surface area (Å²) in [5, 5.41) is 9.53. The number of aliphatic carboxylic acids is 1. The summed E-state index contributed by atoms with van der Waals surface area (Å²) >= 11 is 0. The lowest BCUT2D eigenvalue weighted by molar-refractivity contribution is -0.139. The highest BCUT2D eigenvalue weighted by Crippen LogP contribution is 2.62. The quantitative estimate of drug-likeness (QED) is 0.368. The SMILES string of the molecule is Cc1cc(-c2ccc(COc3ccc4c(c3F)[C@]3(CC4)C[C@H]3C(=O)O)cc2[C@@H]2CCCC2(C)C)c(F)cn1. The zero-order valence-corrected chi connectivity index (χ0v) is 22.1. The van der Waals surface area contributed by atoms with Crippen LogP contribution in [0.15, 0.2) is 42.6 Å². The minimum atomic E-state index is -0.855. The molecule has 1 N–H and O–H groups in total. The van der Waals surface area contributed by atoms with Gasteiger partial charge in [0.05, 0.1) is 12.1 Å². The van der Waals surface area contributed by atoms with E-state index in [0.717, 1.165) is 47.2 Å². The van der Waals surface area contributed by atoms with E-state index in [4.69, 9.17) is 4.74 Å². The molecule has 0 saturated heterocycles. The Labute approximate surface area is 222 Å². The van der Waals surface area contributed by atoms with Crippen molar-refractivity contribution in [2.45, 2.75) is 77.2 Å². The van der Waals surface area contributed by atoms with E-state index < -0.39 is 23.1 Å². The van der Waals surface area contributed by atoms with Crippen LogP contribution in [0.25, 0.3) is 11.1 Å². The van der Waals surface area contributed by atoms with Crippen molar-refractivity contribution >= 4 is 5.97 Å². The van der Waals surface area contributed by atoms with Crippen molar-refractivity contribution in [1.29, 1.82) is 0 Å². The summed E-state index contributed by atoms with van der Waals surface area (Å²) in [6.45, 7) is 6.57. The molecule has 198 valence electrons. The summed E-state index contributed by atoms with van der Waals surface area (Å²) in [6.07, 6.45) is 6.40. The minimum Gasteiger partial charge on any atom is -0.486 e. The normalized spacial score (nSPS) is 25.0. The lowest BCUT2D eigenvalue weighted by atomic mass is 9.75. The molecule has 2 aromatic carbocycles. The van der Waals surface area contributed by atoms with Crippen LogP contribution in [0.4, 0.5) is 8.78 Å². The van der Waals surface area contributed by atoms with Gasteiger partial charge in [-0.05, 0) is 84.7 Å². The van der Waals surface area contributed by atoms with Crippen molar-refractivity contribution in [2.24, 2.45) is 11.3 Å². The number of hydrogen-bond acceptors (Lipinski definition) is 3. The average molecular weight is 518 g/mol. The van der Waals surface area contributed by atoms with E-state index in [1.807, 2.05) is 25.1 Å². The molecule has 0 aliphatic heterocycles. The molecule has 6 rings (SSSR count). The number of ether oxygens (including phenoxy) is 1. The average Bonchev–Trinajstić information content (AvgIpc) is 3.33. The van der Waals surface area contributed by atoms with E-state index in [0.29, 0.717) is 30.4 Å². The number of aryl methyl sites for hydroxylation is 2. The van der Waals surface area contributed by atoms with Crippen molar-refractivity contribution in [3.05, 3.63) is 82.2 Å². The van der Waals surface area contributed by atoms with Gasteiger partial charge in [-0.15, -0.1) is 0 Å². The van der Waals surface area contributed by atoms with E-state index in [2.05, 4.69) is 24.9 Å². The molecule has 1 spiro atoms. The Morgan fingerprint density at radius 3 is 2.66 bits per heavy atom. The van der Waals surface area contributed by atoms with Crippen molar-refractivity contribution in [3.63, 3.8) is 0 Å². The zero-order chi connectivity index (χ0) is 26.8. The standard InChI is InChI=1S/C32H33F2NO3/c1-18-13-23(26(33)16-35-18)21-8-6-19(14-22(21)24-5-4-11-31(24,2)3)17-38-27-9-7-20-10-12-32(28(20)29(27)34)15-25(32)30(36)37/h6-9,13-14,16,24-25H,4-5,10-12,15,17H2,1-3H3,(H,36,37)/t24-,25-,32+/m0/s1. The van der Waals surface area contributed by atoms with Crippen LogP contribution in [0.2, 0.25) is 0 Å². The smallest absolute Gasteiger partial charge is 0.307 e. The van der Waals surface area contributed by atoms with E-state index >= 15 is 4.39 Å². The third-order valence-corrected chi connectivity index (χ3v) is 9.33. The Balaban J connectivity index is 1.32. The van der Waals surface area contributed by atoms with Gasteiger partial charge in [-0.2, -0.15) is 0 Å². The molecular formula is C32H33F2NO3. The first-order chi connectivity index (χ1) is 18.1. The van der Waals surface area contributed by atoms with E-state index in [-0.39, 0.29) is 29.5 Å². The highest BCUT2D eigenvalue weighted by Gasteiger charge is 2.63. The van der Waals surface area contributed by atoms with Gasteiger partial charge in [0, 0.05) is 22.2 Å². The maximum absolute atomic E-state index is 15.7. The summed E-state index contributed by atoms with van der Waals surface area (Å²) in [5.74, 6) is -1.71. The summed E-state index contributed by atoms with van der Waals surface area (Å²) in [5.41, 5.74) is 5.09. The number of halogens is 2. The third kappa shape index (κ3) is 4.00. The molecule has 1 heterocycles. The summed E-state index contributed by atoms with van der Waals surface area (Å²) in [4.78, 5) is 15.7. The Morgan fingerprint density at radius 2 is 1.95 bits per heavy atom. The van der Waals surface area contributed by atoms with Crippen LogP contribution in [0.1, 0.15) is 79.8 Å². The van der Waals surface area contributed by atoms with Crippen LogP contribution < -0.4 is 4.74 Å². The van der Waals surface area contributed by atoms with Crippen molar-refractivity contribution in [2.75, 3.05) is 0 Å². The van der Waals surface area contributed by atoms with Gasteiger partial charge in [0.1, 0.15) is 12.4 Å². The van der Waals surface area contributed by atoms with Gasteiger partial charge in [-0.1, -0.05) is 44.5 Å². The molecule has 3 aromatic rings. The Hall–Kier alpha value is -3.28. The predicted molar refractivity (Wildman–Crippen MR) is 141 cm³/mol. The first kappa shape index (κ1) is 25.0. The second-order valence-electron chi connectivity index (χ2n) is 12.1. The van der Waals surface area contributed by atoms with Crippen LogP contribution in [0.3, 0.4) is 0 Å². The lowest BCUT2D eigenvalue weighted by Crippen LogP contribution is -2.17. The fourth-order valence-corrected chi connectivity index (χ4v) is 7.17. The number of pyridine rings is 1. The number of carbonyl (C=O) groups is 1. The molecule has 0 unspecified atom stereocenters. The fraction of sp³-hybridized carbons (Fsp3) is 0.438. The van der Waals surface area contributed by atoms with Gasteiger partial charge in [0.15, 0.2) is 11.6 Å². The van der Waals surface area contributed by atoms with Gasteiger partial charge in [-0.3, -0.25) is 9.78 Å². The Morgan fingerprint density at radius 1 is 1.13 bits per heavy atom. The van der Waals surface area contributed by atoms with Crippen molar-refractivity contribution < 1.29 is 23.4 Å². The molecule has 0 amide bonds. The maximum Gasteiger partial charge on any atom is 0.307 e. The first-order valence-corrected chi connectivity index (χ1v) is 13.5. The van der Waals surface area contributed by atoms with Gasteiger partial charge < -0.3 is 9.84 Å². The predicted octanol–water partition coefficient (Wildman–Crippen LogP) is 7.50. The largest absolute Gasteiger partial charge is 0.486 e. The number of benzene rings is 2. The molecule has 4 nitrogen and oxygen atoms in total. The van der Waals surface area contributed by atoms with Crippen LogP contribution >= 0.6 is 0 Å². The zero-order valence-electron chi connectivity index (χ0n) is 22.1. The highest BCUT2D eigenvalue weighted by molar-refractivity contribution is 5.78. The number of carboxylic acids is 1. The lowest BCUT2D eigenvalue weighted by Gasteiger charge is -2.30. The van der Waals surface area contributed by atoms with Crippen molar-refractivity contribution in [1.82, 2.24) is 4.98 Å². The van der Waals surface area contributed by atoms with Gasteiger partial charge in [0.25, 0.3) is 0 Å². The number of carboxylic acid groups (broad SMARTS) is 1. The monoisotopic (exact) mass is 517 g/mol. The molecule has 38 heavy (non-hydrogen) atoms. The second kappa shape index (κ2) is 8.89. The van der Waals surface area contributed by atoms with Crippen LogP contribution in [0.5, 0.6) is 5.75 Å². The molecular weight excluding hydrogens is 484 g/mol. The van der Waals surface area contributed by atoms with E-state index in [1.54, 1.807) is 12.1 Å². The summed E-state index contributed by atoms with van der Waals surface area (Å²) in [7, 11) is 0. The highest BCUT2D eigenvalue weighted by atomic mass is 19.1. The van der Waals surface area contributed by atoms with Crippen LogP contribution in [-0.2, 0) is 23.2 Å². The van der Waals surface area contributed by atoms with E-state index in [1.165, 1.54) is 6.20 Å². The second-order valence-corrected chi connectivity index (χ2v) is 12.1. The molecule has 2 saturated carbocycles. The van der Waals surface area contributed by atoms with Crippen molar-refractivity contribution in [3.8, 4) is 16.9 Å². The van der Waals surface area contributed by atoms with Gasteiger partial charge >= 0.3 is 5.97 Å². The number of aromatic nitrogens is 1. The van der Waals surface area contributed by atoms with Gasteiger partial charge in [0.2, 0.25) is 0 Å². The number of fused-ring (bicyclic) bond motifs is 2. The minimum absolute atomic E-state index is 0.0815. The summed E-state index contributed by atoms with van der Waals surface area (Å²) in [6, 6.07) is 11.3. The van der Waals surface area contributed by atoms with Crippen LogP contribution in [0, 0.1) is 29.9 Å². The summed E-state index contributed by atoms with van der Waals surface area (Å²) < 4.78 is 36.6. The maximum atomic E-state index is 15.7. The van der Waals surface area contributed by atoms with E-state index in [9.17, 15) is 14.3 Å². The fourth-order valence-electron chi connectivity index (χ4n) is 7.17. The molecule has 1 aromatic heterocycles. The molecule has 3 atom stereocenters. The number of nitrogens with zero attached hydrogens (tertiary/aromatic N) is 1.